The fraction of sp³-hybridized carbons (Fsp3) is 0.591. The van der Waals surface area contributed by atoms with Gasteiger partial charge in [0.15, 0.2) is 0 Å². The van der Waals surface area contributed by atoms with Gasteiger partial charge in [-0.05, 0) is 25.3 Å². The number of carbonyl (C=O) groups is 5. The van der Waals surface area contributed by atoms with Crippen molar-refractivity contribution in [1.82, 2.24) is 16.0 Å². The molecule has 0 unspecified atom stereocenters. The van der Waals surface area contributed by atoms with Gasteiger partial charge in [0.25, 0.3) is 5.91 Å². The molecular weight excluding hydrogens is 466 g/mol. The molecule has 0 aromatic rings. The van der Waals surface area contributed by atoms with Crippen molar-refractivity contribution in [3.63, 3.8) is 0 Å². The molecule has 0 aromatic carbocycles. The van der Waals surface area contributed by atoms with Crippen LogP contribution >= 0.6 is 21.6 Å². The van der Waals surface area contributed by atoms with Gasteiger partial charge in [-0.3, -0.25) is 24.0 Å². The third kappa shape index (κ3) is 8.88. The van der Waals surface area contributed by atoms with Crippen molar-refractivity contribution in [2.75, 3.05) is 18.1 Å². The van der Waals surface area contributed by atoms with E-state index in [0.717, 1.165) is 5.75 Å². The molecule has 0 saturated carbocycles. The summed E-state index contributed by atoms with van der Waals surface area (Å²) < 4.78 is 5.42. The Bertz CT molecular complexity index is 827. The molecule has 3 amide bonds. The van der Waals surface area contributed by atoms with Gasteiger partial charge in [0.1, 0.15) is 30.2 Å². The number of rotatable bonds is 1. The van der Waals surface area contributed by atoms with Crippen LogP contribution in [0, 0.1) is 11.8 Å². The van der Waals surface area contributed by atoms with Crippen LogP contribution in [0.1, 0.15) is 40.0 Å². The predicted molar refractivity (Wildman–Crippen MR) is 128 cm³/mol. The van der Waals surface area contributed by atoms with Crippen LogP contribution < -0.4 is 16.0 Å². The van der Waals surface area contributed by atoms with E-state index in [0.29, 0.717) is 6.42 Å². The van der Waals surface area contributed by atoms with E-state index in [1.165, 1.54) is 27.7 Å². The number of carbonyl (C=O) groups excluding carboxylic acids is 5. The van der Waals surface area contributed by atoms with Crippen LogP contribution in [0.4, 0.5) is 0 Å². The molecule has 2 rings (SSSR count). The lowest BCUT2D eigenvalue weighted by molar-refractivity contribution is -0.148. The summed E-state index contributed by atoms with van der Waals surface area (Å²) >= 11 is 0. The fourth-order valence-corrected chi connectivity index (χ4v) is 5.43. The first-order chi connectivity index (χ1) is 15.7. The van der Waals surface area contributed by atoms with E-state index < -0.39 is 48.3 Å². The normalized spacial score (nSPS) is 29.0. The maximum Gasteiger partial charge on any atom is 0.326 e. The Morgan fingerprint density at radius 3 is 2.55 bits per heavy atom. The lowest BCUT2D eigenvalue weighted by Crippen LogP contribution is -2.51. The maximum atomic E-state index is 13.1. The molecule has 9 nitrogen and oxygen atoms in total. The number of hydrogen-bond donors (Lipinski definition) is 3. The minimum absolute atomic E-state index is 0.0293. The minimum atomic E-state index is -0.902. The molecular formula is C22H31N3O6S2. The van der Waals surface area contributed by atoms with Crippen molar-refractivity contribution in [1.29, 1.82) is 0 Å². The summed E-state index contributed by atoms with van der Waals surface area (Å²) in [4.78, 5) is 63.6. The van der Waals surface area contributed by atoms with Gasteiger partial charge in [-0.15, -0.1) is 0 Å². The standard InChI is InChI=1S/C22H31N3O6S2/c1-4-17-21(29)23-11-19(27)31-15-7-5-6-8-32-33-12-18(22(30)24-17)25-20(28)16(13(2)3)10-14(26)9-15/h4-5,7,13,15-16,18H,6,8-12H2,1-3H3,(H,23,29)(H,24,30)(H,25,28)/b7-5+,17-4-/t15-,16-,18-/m1/s1. The van der Waals surface area contributed by atoms with E-state index in [1.807, 2.05) is 19.9 Å². The quantitative estimate of drug-likeness (QED) is 0.215. The zero-order valence-electron chi connectivity index (χ0n) is 19.1. The number of hydrogen-bond acceptors (Lipinski definition) is 8. The third-order valence-electron chi connectivity index (χ3n) is 5.15. The van der Waals surface area contributed by atoms with Crippen LogP contribution in [0.2, 0.25) is 0 Å². The molecule has 2 aliphatic rings. The average Bonchev–Trinajstić information content (AvgIpc) is 2.76. The lowest BCUT2D eigenvalue weighted by atomic mass is 9.88. The third-order valence-corrected chi connectivity index (χ3v) is 7.60. The molecule has 182 valence electrons. The van der Waals surface area contributed by atoms with E-state index in [4.69, 9.17) is 4.74 Å². The van der Waals surface area contributed by atoms with Crippen LogP contribution in [0.25, 0.3) is 0 Å². The van der Waals surface area contributed by atoms with E-state index in [9.17, 15) is 24.0 Å². The number of allylic oxidation sites excluding steroid dienone is 2. The summed E-state index contributed by atoms with van der Waals surface area (Å²) in [5.74, 6) is -2.32. The highest BCUT2D eigenvalue weighted by Crippen LogP contribution is 2.25. The molecule has 2 heterocycles. The second-order valence-electron chi connectivity index (χ2n) is 8.08. The Hall–Kier alpha value is -2.27. The summed E-state index contributed by atoms with van der Waals surface area (Å²) in [6, 6.07) is -0.902. The molecule has 33 heavy (non-hydrogen) atoms. The average molecular weight is 498 g/mol. The van der Waals surface area contributed by atoms with Crippen molar-refractivity contribution in [2.24, 2.45) is 11.8 Å². The molecule has 3 atom stereocenters. The largest absolute Gasteiger partial charge is 0.456 e. The summed E-state index contributed by atoms with van der Waals surface area (Å²) in [6.45, 7) is 4.84. The summed E-state index contributed by atoms with van der Waals surface area (Å²) in [5.41, 5.74) is -0.0341. The smallest absolute Gasteiger partial charge is 0.326 e. The highest BCUT2D eigenvalue weighted by atomic mass is 33.1. The fourth-order valence-electron chi connectivity index (χ4n) is 3.27. The Morgan fingerprint density at radius 1 is 1.09 bits per heavy atom. The van der Waals surface area contributed by atoms with Crippen LogP contribution in [-0.4, -0.2) is 59.7 Å². The number of nitrogens with one attached hydrogen (secondary N) is 3. The second-order valence-corrected chi connectivity index (χ2v) is 10.7. The molecule has 2 aliphatic heterocycles. The second kappa shape index (κ2) is 13.4. The number of Topliss-reactive ketones (excluding diaryl/α,β-unsaturated/α-hetero) is 1. The highest BCUT2D eigenvalue weighted by molar-refractivity contribution is 8.76. The zero-order chi connectivity index (χ0) is 24.4. The van der Waals surface area contributed by atoms with Gasteiger partial charge in [-0.2, -0.15) is 0 Å². The first-order valence-electron chi connectivity index (χ1n) is 10.9. The molecule has 2 bridgehead atoms. The molecule has 3 N–H and O–H groups in total. The molecule has 0 spiro atoms. The van der Waals surface area contributed by atoms with Crippen LogP contribution in [0.3, 0.4) is 0 Å². The number of amides is 3. The molecule has 1 saturated heterocycles. The van der Waals surface area contributed by atoms with Gasteiger partial charge in [0.05, 0.1) is 0 Å². The van der Waals surface area contributed by atoms with Crippen molar-refractivity contribution in [3.8, 4) is 0 Å². The van der Waals surface area contributed by atoms with Crippen LogP contribution in [0.5, 0.6) is 0 Å². The van der Waals surface area contributed by atoms with E-state index in [-0.39, 0.29) is 36.0 Å². The molecule has 1 fully saturated rings. The Labute approximate surface area is 201 Å². The number of ketones is 1. The van der Waals surface area contributed by atoms with Crippen LogP contribution in [0.15, 0.2) is 23.9 Å². The van der Waals surface area contributed by atoms with E-state index >= 15 is 0 Å². The topological polar surface area (TPSA) is 131 Å². The molecule has 11 heteroatoms. The summed E-state index contributed by atoms with van der Waals surface area (Å²) in [6.07, 6.45) is 4.73. The monoisotopic (exact) mass is 497 g/mol. The van der Waals surface area contributed by atoms with E-state index in [2.05, 4.69) is 16.0 Å². The van der Waals surface area contributed by atoms with Gasteiger partial charge in [0.2, 0.25) is 11.8 Å². The Balaban J connectivity index is 2.45. The predicted octanol–water partition coefficient (Wildman–Crippen LogP) is 1.50. The number of ether oxygens (including phenoxy) is 1. The highest BCUT2D eigenvalue weighted by Gasteiger charge is 2.31. The summed E-state index contributed by atoms with van der Waals surface area (Å²) in [7, 11) is 2.98. The number of esters is 1. The van der Waals surface area contributed by atoms with Crippen molar-refractivity contribution in [2.45, 2.75) is 52.2 Å². The maximum absolute atomic E-state index is 13.1. The van der Waals surface area contributed by atoms with Crippen molar-refractivity contribution >= 4 is 51.1 Å². The summed E-state index contributed by atoms with van der Waals surface area (Å²) in [5, 5.41) is 7.73. The Kier molecular flexibility index (Phi) is 11.0. The van der Waals surface area contributed by atoms with Gasteiger partial charge < -0.3 is 20.7 Å². The Morgan fingerprint density at radius 2 is 1.85 bits per heavy atom. The number of fused-ring (bicyclic) bond motifs is 7. The zero-order valence-corrected chi connectivity index (χ0v) is 20.7. The lowest BCUT2D eigenvalue weighted by Gasteiger charge is -2.25. The van der Waals surface area contributed by atoms with Gasteiger partial charge >= 0.3 is 5.97 Å². The van der Waals surface area contributed by atoms with Gasteiger partial charge in [-0.25, -0.2) is 0 Å². The first-order valence-corrected chi connectivity index (χ1v) is 13.4. The van der Waals surface area contributed by atoms with E-state index in [1.54, 1.807) is 13.0 Å². The molecule has 0 aromatic heterocycles. The molecule has 0 radical (unpaired) electrons. The first kappa shape index (κ1) is 27.0. The minimum Gasteiger partial charge on any atom is -0.456 e. The van der Waals surface area contributed by atoms with Crippen LogP contribution in [-0.2, 0) is 28.7 Å². The SMILES string of the molecule is C/C=C1\NC(=O)[C@H]2CSSCC/C=C/[C@H](CC(=O)C[C@H](C(C)C)C(=O)N2)OC(=O)CNC1=O. The van der Waals surface area contributed by atoms with Crippen molar-refractivity contribution < 1.29 is 28.7 Å². The van der Waals surface area contributed by atoms with Gasteiger partial charge in [0, 0.05) is 30.3 Å². The van der Waals surface area contributed by atoms with Gasteiger partial charge in [-0.1, -0.05) is 47.6 Å². The van der Waals surface area contributed by atoms with Crippen molar-refractivity contribution in [3.05, 3.63) is 23.9 Å². The molecule has 0 aliphatic carbocycles.